The second kappa shape index (κ2) is 7.66. The van der Waals surface area contributed by atoms with Crippen LogP contribution in [0.4, 0.5) is 4.79 Å². The summed E-state index contributed by atoms with van der Waals surface area (Å²) < 4.78 is 5.47. The molecule has 2 amide bonds. The van der Waals surface area contributed by atoms with Crippen LogP contribution in [-0.2, 0) is 0 Å². The monoisotopic (exact) mass is 389 g/mol. The van der Waals surface area contributed by atoms with Crippen LogP contribution in [0.5, 0.6) is 0 Å². The van der Waals surface area contributed by atoms with Crippen LogP contribution in [0.2, 0.25) is 0 Å². The maximum atomic E-state index is 12.6. The molecule has 1 aliphatic carbocycles. The van der Waals surface area contributed by atoms with Crippen molar-refractivity contribution in [1.29, 1.82) is 0 Å². The number of urea groups is 1. The highest BCUT2D eigenvalue weighted by Gasteiger charge is 2.40. The molecule has 7 heteroatoms. The van der Waals surface area contributed by atoms with E-state index in [9.17, 15) is 4.79 Å². The van der Waals surface area contributed by atoms with Crippen LogP contribution in [-0.4, -0.2) is 45.2 Å². The number of piperidine rings is 1. The summed E-state index contributed by atoms with van der Waals surface area (Å²) in [5, 5.41) is 7.24. The SMILES string of the molecule is O=C(N[C@@H]1C[C@@H]1c1ccccc1)N1CCC(c2nc(-c3ccccn3)no2)CC1. The number of pyridine rings is 1. The highest BCUT2D eigenvalue weighted by molar-refractivity contribution is 5.75. The summed E-state index contributed by atoms with van der Waals surface area (Å²) in [6.45, 7) is 1.39. The van der Waals surface area contributed by atoms with E-state index < -0.39 is 0 Å². The average Bonchev–Trinajstić information content (AvgIpc) is 3.37. The number of nitrogens with zero attached hydrogens (tertiary/aromatic N) is 4. The number of nitrogens with one attached hydrogen (secondary N) is 1. The summed E-state index contributed by atoms with van der Waals surface area (Å²) in [4.78, 5) is 23.3. The van der Waals surface area contributed by atoms with E-state index in [2.05, 4.69) is 32.6 Å². The van der Waals surface area contributed by atoms with Crippen molar-refractivity contribution in [2.75, 3.05) is 13.1 Å². The molecule has 1 aliphatic heterocycles. The van der Waals surface area contributed by atoms with Crippen molar-refractivity contribution in [3.05, 3.63) is 66.2 Å². The lowest BCUT2D eigenvalue weighted by Crippen LogP contribution is -2.45. The molecule has 3 aromatic rings. The van der Waals surface area contributed by atoms with Crippen LogP contribution in [0, 0.1) is 0 Å². The molecule has 2 aromatic heterocycles. The zero-order valence-electron chi connectivity index (χ0n) is 16.1. The van der Waals surface area contributed by atoms with Gasteiger partial charge >= 0.3 is 6.03 Å². The Labute approximate surface area is 169 Å². The standard InChI is InChI=1S/C22H23N5O2/c28-22(24-19-14-17(19)15-6-2-1-3-7-15)27-12-9-16(10-13-27)21-25-20(26-29-21)18-8-4-5-11-23-18/h1-8,11,16-17,19H,9-10,12-14H2,(H,24,28)/t17-,19-/m1/s1. The highest BCUT2D eigenvalue weighted by Crippen LogP contribution is 2.40. The van der Waals surface area contributed by atoms with Gasteiger partial charge in [0.2, 0.25) is 11.7 Å². The van der Waals surface area contributed by atoms with Crippen molar-refractivity contribution in [3.63, 3.8) is 0 Å². The summed E-state index contributed by atoms with van der Waals surface area (Å²) in [5.74, 6) is 1.78. The molecular formula is C22H23N5O2. The fraction of sp³-hybridized carbons (Fsp3) is 0.364. The molecule has 0 unspecified atom stereocenters. The van der Waals surface area contributed by atoms with Gasteiger partial charge in [0, 0.05) is 37.2 Å². The maximum absolute atomic E-state index is 12.6. The van der Waals surface area contributed by atoms with Gasteiger partial charge in [-0.3, -0.25) is 4.98 Å². The van der Waals surface area contributed by atoms with Crippen molar-refractivity contribution in [3.8, 4) is 11.5 Å². The first-order chi connectivity index (χ1) is 14.3. The van der Waals surface area contributed by atoms with Crippen LogP contribution in [0.15, 0.2) is 59.3 Å². The van der Waals surface area contributed by atoms with Crippen LogP contribution >= 0.6 is 0 Å². The van der Waals surface area contributed by atoms with E-state index >= 15 is 0 Å². The van der Waals surface area contributed by atoms with Crippen LogP contribution in [0.1, 0.15) is 42.6 Å². The van der Waals surface area contributed by atoms with Gasteiger partial charge in [-0.2, -0.15) is 4.98 Å². The molecule has 29 heavy (non-hydrogen) atoms. The lowest BCUT2D eigenvalue weighted by atomic mass is 9.97. The number of benzene rings is 1. The third-order valence-corrected chi connectivity index (χ3v) is 5.79. The van der Waals surface area contributed by atoms with Gasteiger partial charge in [0.25, 0.3) is 0 Å². The molecule has 7 nitrogen and oxygen atoms in total. The molecule has 1 N–H and O–H groups in total. The zero-order valence-corrected chi connectivity index (χ0v) is 16.1. The van der Waals surface area contributed by atoms with E-state index in [1.807, 2.05) is 41.3 Å². The van der Waals surface area contributed by atoms with Gasteiger partial charge in [-0.25, -0.2) is 4.79 Å². The number of hydrogen-bond donors (Lipinski definition) is 1. The Kier molecular flexibility index (Phi) is 4.71. The number of aromatic nitrogens is 3. The first-order valence-electron chi connectivity index (χ1n) is 10.1. The van der Waals surface area contributed by atoms with Gasteiger partial charge in [0.15, 0.2) is 0 Å². The largest absolute Gasteiger partial charge is 0.339 e. The molecule has 2 aliphatic rings. The quantitative estimate of drug-likeness (QED) is 0.737. The lowest BCUT2D eigenvalue weighted by molar-refractivity contribution is 0.174. The van der Waals surface area contributed by atoms with Crippen molar-refractivity contribution in [1.82, 2.24) is 25.3 Å². The molecule has 1 saturated carbocycles. The smallest absolute Gasteiger partial charge is 0.317 e. The second-order valence-corrected chi connectivity index (χ2v) is 7.74. The third kappa shape index (κ3) is 3.85. The van der Waals surface area contributed by atoms with Crippen LogP contribution in [0.3, 0.4) is 0 Å². The molecule has 5 rings (SSSR count). The number of likely N-dealkylation sites (tertiary alicyclic amines) is 1. The minimum Gasteiger partial charge on any atom is -0.339 e. The maximum Gasteiger partial charge on any atom is 0.317 e. The minimum absolute atomic E-state index is 0.0339. The van der Waals surface area contributed by atoms with Gasteiger partial charge in [-0.15, -0.1) is 0 Å². The van der Waals surface area contributed by atoms with E-state index in [1.165, 1.54) is 5.56 Å². The topological polar surface area (TPSA) is 84.2 Å². The van der Waals surface area contributed by atoms with Crippen molar-refractivity contribution < 1.29 is 9.32 Å². The normalized spacial score (nSPS) is 21.7. The molecular weight excluding hydrogens is 366 g/mol. The predicted octanol–water partition coefficient (Wildman–Crippen LogP) is 3.58. The summed E-state index contributed by atoms with van der Waals surface area (Å²) >= 11 is 0. The Hall–Kier alpha value is -3.22. The van der Waals surface area contributed by atoms with Crippen molar-refractivity contribution >= 4 is 6.03 Å². The Morgan fingerprint density at radius 2 is 1.86 bits per heavy atom. The Morgan fingerprint density at radius 1 is 1.07 bits per heavy atom. The van der Waals surface area contributed by atoms with E-state index in [-0.39, 0.29) is 18.0 Å². The fourth-order valence-electron chi connectivity index (χ4n) is 4.00. The number of amides is 2. The molecule has 2 fully saturated rings. The van der Waals surface area contributed by atoms with Gasteiger partial charge in [0.05, 0.1) is 0 Å². The van der Waals surface area contributed by atoms with Crippen molar-refractivity contribution in [2.24, 2.45) is 0 Å². The number of carbonyl (C=O) groups is 1. The van der Waals surface area contributed by atoms with E-state index in [1.54, 1.807) is 6.20 Å². The summed E-state index contributed by atoms with van der Waals surface area (Å²) in [5.41, 5.74) is 2.01. The first kappa shape index (κ1) is 17.8. The molecule has 0 spiro atoms. The van der Waals surface area contributed by atoms with Crippen molar-refractivity contribution in [2.45, 2.75) is 37.1 Å². The summed E-state index contributed by atoms with van der Waals surface area (Å²) in [6.07, 6.45) is 4.38. The predicted molar refractivity (Wildman–Crippen MR) is 107 cm³/mol. The molecule has 3 heterocycles. The first-order valence-corrected chi connectivity index (χ1v) is 10.1. The van der Waals surface area contributed by atoms with E-state index in [4.69, 9.17) is 4.52 Å². The Balaban J connectivity index is 1.13. The number of hydrogen-bond acceptors (Lipinski definition) is 5. The van der Waals surface area contributed by atoms with Crippen LogP contribution in [0.25, 0.3) is 11.5 Å². The van der Waals surface area contributed by atoms with E-state index in [0.29, 0.717) is 36.4 Å². The molecule has 1 aromatic carbocycles. The summed E-state index contributed by atoms with van der Waals surface area (Å²) in [7, 11) is 0. The fourth-order valence-corrected chi connectivity index (χ4v) is 4.00. The average molecular weight is 389 g/mol. The second-order valence-electron chi connectivity index (χ2n) is 7.74. The number of carbonyl (C=O) groups excluding carboxylic acids is 1. The Morgan fingerprint density at radius 3 is 2.62 bits per heavy atom. The molecule has 2 atom stereocenters. The molecule has 1 saturated heterocycles. The van der Waals surface area contributed by atoms with Gasteiger partial charge in [-0.05, 0) is 37.0 Å². The number of rotatable bonds is 4. The highest BCUT2D eigenvalue weighted by atomic mass is 16.5. The van der Waals surface area contributed by atoms with E-state index in [0.717, 1.165) is 19.3 Å². The lowest BCUT2D eigenvalue weighted by Gasteiger charge is -2.30. The van der Waals surface area contributed by atoms with Gasteiger partial charge < -0.3 is 14.7 Å². The minimum atomic E-state index is 0.0339. The molecule has 0 radical (unpaired) electrons. The summed E-state index contributed by atoms with van der Waals surface area (Å²) in [6, 6.07) is 16.3. The van der Waals surface area contributed by atoms with Gasteiger partial charge in [0.1, 0.15) is 5.69 Å². The van der Waals surface area contributed by atoms with Crippen LogP contribution < -0.4 is 5.32 Å². The van der Waals surface area contributed by atoms with Gasteiger partial charge in [-0.1, -0.05) is 41.6 Å². The molecule has 0 bridgehead atoms. The molecule has 148 valence electrons. The third-order valence-electron chi connectivity index (χ3n) is 5.79. The Bertz CT molecular complexity index is 967. The zero-order chi connectivity index (χ0) is 19.6.